The molecule has 0 atom stereocenters. The molecule has 0 aliphatic carbocycles. The minimum Gasteiger partial charge on any atom is -0.452 e. The average molecular weight is 681 g/mol. The van der Waals surface area contributed by atoms with Crippen molar-refractivity contribution >= 4 is 75.1 Å². The summed E-state index contributed by atoms with van der Waals surface area (Å²) in [5.74, 6) is 1.77. The van der Waals surface area contributed by atoms with Crippen molar-refractivity contribution < 1.29 is 4.74 Å². The fraction of sp³-hybridized carbons (Fsp3) is 0. The molecule has 8 aromatic carbocycles. The van der Waals surface area contributed by atoms with Crippen molar-refractivity contribution in [1.82, 2.24) is 9.13 Å². The van der Waals surface area contributed by atoms with Crippen LogP contribution in [0.2, 0.25) is 0 Å². The number of aromatic nitrogens is 2. The van der Waals surface area contributed by atoms with Gasteiger partial charge in [0, 0.05) is 53.0 Å². The molecule has 52 heavy (non-hydrogen) atoms. The summed E-state index contributed by atoms with van der Waals surface area (Å²) < 4.78 is 14.2. The molecule has 0 fully saturated rings. The molecule has 3 aromatic heterocycles. The number of thiophene rings is 1. The van der Waals surface area contributed by atoms with Gasteiger partial charge in [0.1, 0.15) is 0 Å². The van der Waals surface area contributed by atoms with Gasteiger partial charge in [-0.1, -0.05) is 115 Å². The number of hydrogen-bond donors (Lipinski definition) is 0. The van der Waals surface area contributed by atoms with Crippen molar-refractivity contribution in [2.24, 2.45) is 0 Å². The molecule has 0 saturated heterocycles. The Bertz CT molecular complexity index is 3270. The van der Waals surface area contributed by atoms with Gasteiger partial charge in [-0.3, -0.25) is 0 Å². The number of nitrogens with zero attached hydrogens (tertiary/aromatic N) is 2. The minimum atomic E-state index is 0.884. The Morgan fingerprint density at radius 3 is 1.92 bits per heavy atom. The van der Waals surface area contributed by atoms with E-state index >= 15 is 0 Å². The topological polar surface area (TPSA) is 19.1 Å². The Balaban J connectivity index is 0.991. The lowest BCUT2D eigenvalue weighted by Crippen LogP contribution is -2.05. The van der Waals surface area contributed by atoms with Crippen molar-refractivity contribution in [2.45, 2.75) is 0 Å². The standard InChI is InChI=1S/C48H28N2OS/c1-5-18-41-34(10-1)37-15-9-20-44-46(37)50(41)43-19-8-13-32(47(43)51-44)29-22-25-31(26-23-29)49-40-17-4-2-11-35(40)39-28-30(24-27-42(39)49)33-14-7-16-38-36-12-3-6-21-45(36)52-48(33)38/h1-28H. The molecule has 12 rings (SSSR count). The molecule has 242 valence electrons. The van der Waals surface area contributed by atoms with Crippen molar-refractivity contribution in [3.05, 3.63) is 170 Å². The largest absolute Gasteiger partial charge is 0.452 e. The summed E-state index contributed by atoms with van der Waals surface area (Å²) in [7, 11) is 0. The second-order valence-corrected chi connectivity index (χ2v) is 14.7. The number of ether oxygens (including phenoxy) is 1. The highest BCUT2D eigenvalue weighted by molar-refractivity contribution is 7.26. The molecular weight excluding hydrogens is 653 g/mol. The van der Waals surface area contributed by atoms with E-state index in [1.54, 1.807) is 0 Å². The van der Waals surface area contributed by atoms with E-state index in [0.29, 0.717) is 0 Å². The summed E-state index contributed by atoms with van der Waals surface area (Å²) in [6.45, 7) is 0. The zero-order valence-electron chi connectivity index (χ0n) is 27.9. The van der Waals surface area contributed by atoms with E-state index < -0.39 is 0 Å². The predicted octanol–water partition coefficient (Wildman–Crippen LogP) is 13.7. The van der Waals surface area contributed by atoms with E-state index in [9.17, 15) is 0 Å². The lowest BCUT2D eigenvalue weighted by Gasteiger charge is -2.23. The maximum absolute atomic E-state index is 6.75. The summed E-state index contributed by atoms with van der Waals surface area (Å²) in [5, 5.41) is 7.61. The molecule has 11 aromatic rings. The fourth-order valence-electron chi connectivity index (χ4n) is 8.65. The molecular formula is C48H28N2OS. The quantitative estimate of drug-likeness (QED) is 0.182. The third kappa shape index (κ3) is 3.79. The number of hydrogen-bond acceptors (Lipinski definition) is 2. The molecule has 4 heteroatoms. The first-order valence-corrected chi connectivity index (χ1v) is 18.5. The van der Waals surface area contributed by atoms with Crippen LogP contribution in [-0.2, 0) is 0 Å². The van der Waals surface area contributed by atoms with E-state index in [1.165, 1.54) is 69.4 Å². The summed E-state index contributed by atoms with van der Waals surface area (Å²) in [4.78, 5) is 0. The summed E-state index contributed by atoms with van der Waals surface area (Å²) in [6.07, 6.45) is 0. The van der Waals surface area contributed by atoms with Crippen LogP contribution in [0.25, 0.3) is 97.4 Å². The third-order valence-corrected chi connectivity index (χ3v) is 12.1. The van der Waals surface area contributed by atoms with Crippen LogP contribution in [0, 0.1) is 0 Å². The second kappa shape index (κ2) is 10.5. The summed E-state index contributed by atoms with van der Waals surface area (Å²) >= 11 is 1.88. The van der Waals surface area contributed by atoms with Gasteiger partial charge in [-0.15, -0.1) is 11.3 Å². The SMILES string of the molecule is c1cc(-c2ccc(-n3c4ccccc4c4cc(-c5cccc6c5sc5ccccc56)ccc43)cc2)c2c(c1)-n1c3ccccc3c3cccc(c31)O2. The first-order valence-electron chi connectivity index (χ1n) is 17.7. The minimum absolute atomic E-state index is 0.884. The molecule has 0 amide bonds. The van der Waals surface area contributed by atoms with Crippen molar-refractivity contribution in [3.8, 4) is 45.1 Å². The number of fused-ring (bicyclic) bond motifs is 11. The van der Waals surface area contributed by atoms with Crippen molar-refractivity contribution in [3.63, 3.8) is 0 Å². The maximum atomic E-state index is 6.75. The van der Waals surface area contributed by atoms with Gasteiger partial charge in [0.2, 0.25) is 0 Å². The van der Waals surface area contributed by atoms with Crippen LogP contribution in [-0.4, -0.2) is 9.13 Å². The monoisotopic (exact) mass is 680 g/mol. The van der Waals surface area contributed by atoms with Gasteiger partial charge in [0.05, 0.1) is 27.8 Å². The summed E-state index contributed by atoms with van der Waals surface area (Å²) in [6, 6.07) is 61.6. The number of rotatable bonds is 3. The lowest BCUT2D eigenvalue weighted by molar-refractivity contribution is 0.478. The molecule has 0 spiro atoms. The van der Waals surface area contributed by atoms with Crippen LogP contribution < -0.4 is 4.74 Å². The lowest BCUT2D eigenvalue weighted by atomic mass is 10.0. The molecule has 0 radical (unpaired) electrons. The first-order chi connectivity index (χ1) is 25.8. The molecule has 0 saturated carbocycles. The van der Waals surface area contributed by atoms with E-state index in [-0.39, 0.29) is 0 Å². The van der Waals surface area contributed by atoms with Gasteiger partial charge in [0.15, 0.2) is 11.5 Å². The Morgan fingerprint density at radius 1 is 0.423 bits per heavy atom. The molecule has 0 bridgehead atoms. The fourth-order valence-corrected chi connectivity index (χ4v) is 9.89. The maximum Gasteiger partial charge on any atom is 0.159 e. The molecule has 1 aliphatic heterocycles. The normalized spacial score (nSPS) is 12.4. The van der Waals surface area contributed by atoms with Gasteiger partial charge in [-0.25, -0.2) is 0 Å². The first kappa shape index (κ1) is 28.1. The zero-order valence-corrected chi connectivity index (χ0v) is 28.7. The smallest absolute Gasteiger partial charge is 0.159 e. The number of para-hydroxylation sites is 4. The van der Waals surface area contributed by atoms with Crippen LogP contribution in [0.1, 0.15) is 0 Å². The van der Waals surface area contributed by atoms with Gasteiger partial charge in [0.25, 0.3) is 0 Å². The molecule has 1 aliphatic rings. The van der Waals surface area contributed by atoms with Crippen LogP contribution in [0.5, 0.6) is 11.5 Å². The Hall–Kier alpha value is -6.62. The predicted molar refractivity (Wildman–Crippen MR) is 219 cm³/mol. The highest BCUT2D eigenvalue weighted by atomic mass is 32.1. The third-order valence-electron chi connectivity index (χ3n) is 10.9. The van der Waals surface area contributed by atoms with Gasteiger partial charge in [-0.2, -0.15) is 0 Å². The van der Waals surface area contributed by atoms with Crippen LogP contribution >= 0.6 is 11.3 Å². The van der Waals surface area contributed by atoms with E-state index in [0.717, 1.165) is 39.5 Å². The Labute approximate surface area is 302 Å². The molecule has 0 unspecified atom stereocenters. The molecule has 3 nitrogen and oxygen atoms in total. The Morgan fingerprint density at radius 2 is 1.06 bits per heavy atom. The van der Waals surface area contributed by atoms with E-state index in [4.69, 9.17) is 4.74 Å². The average Bonchev–Trinajstić information content (AvgIpc) is 3.87. The zero-order chi connectivity index (χ0) is 33.9. The van der Waals surface area contributed by atoms with E-state index in [1.807, 2.05) is 11.3 Å². The highest BCUT2D eigenvalue weighted by Crippen LogP contribution is 2.49. The van der Waals surface area contributed by atoms with Crippen molar-refractivity contribution in [1.29, 1.82) is 0 Å². The van der Waals surface area contributed by atoms with Crippen LogP contribution in [0.4, 0.5) is 0 Å². The van der Waals surface area contributed by atoms with Gasteiger partial charge in [-0.05, 0) is 71.3 Å². The van der Waals surface area contributed by atoms with Crippen LogP contribution in [0.15, 0.2) is 170 Å². The van der Waals surface area contributed by atoms with E-state index in [2.05, 4.69) is 179 Å². The van der Waals surface area contributed by atoms with Gasteiger partial charge < -0.3 is 13.9 Å². The van der Waals surface area contributed by atoms with Crippen molar-refractivity contribution in [2.75, 3.05) is 0 Å². The number of benzene rings is 8. The molecule has 4 heterocycles. The summed E-state index contributed by atoms with van der Waals surface area (Å²) in [5.41, 5.74) is 11.6. The Kier molecular flexibility index (Phi) is 5.65. The highest BCUT2D eigenvalue weighted by Gasteiger charge is 2.26. The van der Waals surface area contributed by atoms with Crippen LogP contribution in [0.3, 0.4) is 0 Å². The second-order valence-electron chi connectivity index (χ2n) is 13.7. The van der Waals surface area contributed by atoms with Gasteiger partial charge >= 0.3 is 0 Å². The molecule has 0 N–H and O–H groups in total.